The van der Waals surface area contributed by atoms with Crippen molar-refractivity contribution in [3.05, 3.63) is 35.5 Å². The fourth-order valence-corrected chi connectivity index (χ4v) is 2.38. The number of hydrogen-bond donors (Lipinski definition) is 7. The number of amides is 1. The van der Waals surface area contributed by atoms with E-state index < -0.39 is 5.91 Å². The zero-order valence-electron chi connectivity index (χ0n) is 15.5. The molecule has 2 rings (SSSR count). The highest BCUT2D eigenvalue weighted by Crippen LogP contribution is 2.32. The van der Waals surface area contributed by atoms with Gasteiger partial charge in [-0.3, -0.25) is 4.79 Å². The van der Waals surface area contributed by atoms with Crippen LogP contribution in [0.1, 0.15) is 15.9 Å². The maximum absolute atomic E-state index is 12.4. The third-order valence-corrected chi connectivity index (χ3v) is 3.65. The number of nitrogens with two attached hydrogens (primary N) is 2. The fourth-order valence-electron chi connectivity index (χ4n) is 2.38. The van der Waals surface area contributed by atoms with E-state index >= 15 is 0 Å². The lowest BCUT2D eigenvalue weighted by molar-refractivity contribution is 0.0945. The standard InChI is InChI=1S/C16H23N9O3/c1-19-16-21-8-10(15(27)20-6-7-26)13(23-16)22-11-5-3-4-9(12(11)28-2)14(24-17)25-18/h3-5,8,26H,6-7,17-18H2,1-2H3,(H,20,27)(H,24,25)(H2,19,21,22,23). The van der Waals surface area contributed by atoms with Gasteiger partial charge in [-0.05, 0) is 12.1 Å². The molecule has 0 aliphatic heterocycles. The molecule has 12 heteroatoms. The first-order valence-corrected chi connectivity index (χ1v) is 8.22. The Bertz CT molecular complexity index is 857. The minimum Gasteiger partial charge on any atom is -0.494 e. The number of para-hydroxylation sites is 1. The van der Waals surface area contributed by atoms with E-state index in [0.717, 1.165) is 0 Å². The van der Waals surface area contributed by atoms with Crippen LogP contribution in [0, 0.1) is 0 Å². The van der Waals surface area contributed by atoms with Crippen molar-refractivity contribution in [1.82, 2.24) is 20.7 Å². The van der Waals surface area contributed by atoms with Crippen LogP contribution < -0.4 is 37.8 Å². The van der Waals surface area contributed by atoms with Crippen LogP contribution in [0.2, 0.25) is 0 Å². The monoisotopic (exact) mass is 389 g/mol. The summed E-state index contributed by atoms with van der Waals surface area (Å²) in [4.78, 5) is 20.7. The SMILES string of the molecule is CNc1ncc(C(=O)NCCO)c(Nc2cccc(C(=NN)NN)c2OC)n1. The van der Waals surface area contributed by atoms with Crippen molar-refractivity contribution in [3.8, 4) is 5.75 Å². The van der Waals surface area contributed by atoms with Crippen molar-refractivity contribution in [2.45, 2.75) is 0 Å². The van der Waals surface area contributed by atoms with Crippen molar-refractivity contribution < 1.29 is 14.6 Å². The second kappa shape index (κ2) is 9.89. The van der Waals surface area contributed by atoms with Crippen LogP contribution >= 0.6 is 0 Å². The van der Waals surface area contributed by atoms with Gasteiger partial charge in [0, 0.05) is 19.8 Å². The molecule has 0 atom stereocenters. The van der Waals surface area contributed by atoms with Gasteiger partial charge in [-0.2, -0.15) is 10.1 Å². The van der Waals surface area contributed by atoms with Crippen LogP contribution in [0.5, 0.6) is 5.75 Å². The van der Waals surface area contributed by atoms with Gasteiger partial charge in [0.05, 0.1) is 25.0 Å². The smallest absolute Gasteiger partial charge is 0.256 e. The van der Waals surface area contributed by atoms with E-state index in [1.807, 2.05) is 0 Å². The topological polar surface area (TPSA) is 185 Å². The van der Waals surface area contributed by atoms with Crippen molar-refractivity contribution in [1.29, 1.82) is 0 Å². The summed E-state index contributed by atoms with van der Waals surface area (Å²) in [5.74, 6) is 11.5. The van der Waals surface area contributed by atoms with Gasteiger partial charge in [0.2, 0.25) is 5.95 Å². The van der Waals surface area contributed by atoms with E-state index in [2.05, 4.69) is 36.4 Å². The average Bonchev–Trinajstić information content (AvgIpc) is 2.73. The number of hydrazone groups is 1. The molecule has 1 heterocycles. The molecule has 12 nitrogen and oxygen atoms in total. The molecule has 0 radical (unpaired) electrons. The van der Waals surface area contributed by atoms with E-state index in [-0.39, 0.29) is 30.4 Å². The second-order valence-corrected chi connectivity index (χ2v) is 5.32. The van der Waals surface area contributed by atoms with E-state index in [0.29, 0.717) is 22.9 Å². The van der Waals surface area contributed by atoms with Gasteiger partial charge in [-0.25, -0.2) is 10.8 Å². The zero-order chi connectivity index (χ0) is 20.5. The van der Waals surface area contributed by atoms with Gasteiger partial charge in [0.15, 0.2) is 11.6 Å². The third-order valence-electron chi connectivity index (χ3n) is 3.65. The Kier molecular flexibility index (Phi) is 7.30. The molecule has 2 aromatic rings. The van der Waals surface area contributed by atoms with Crippen molar-refractivity contribution in [2.24, 2.45) is 16.8 Å². The van der Waals surface area contributed by atoms with Crippen LogP contribution in [0.4, 0.5) is 17.5 Å². The Morgan fingerprint density at radius 2 is 2.14 bits per heavy atom. The number of nitrogens with zero attached hydrogens (tertiary/aromatic N) is 3. The Labute approximate surface area is 161 Å². The molecule has 0 aliphatic carbocycles. The second-order valence-electron chi connectivity index (χ2n) is 5.32. The zero-order valence-corrected chi connectivity index (χ0v) is 15.5. The number of hydrazine groups is 1. The number of anilines is 3. The van der Waals surface area contributed by atoms with Gasteiger partial charge in [0.1, 0.15) is 11.4 Å². The number of nitrogens with one attached hydrogen (secondary N) is 4. The maximum Gasteiger partial charge on any atom is 0.256 e. The summed E-state index contributed by atoms with van der Waals surface area (Å²) in [6, 6.07) is 5.17. The van der Waals surface area contributed by atoms with Crippen LogP contribution in [0.3, 0.4) is 0 Å². The molecule has 28 heavy (non-hydrogen) atoms. The Hall–Kier alpha value is -3.64. The quantitative estimate of drug-likeness (QED) is 0.129. The van der Waals surface area contributed by atoms with E-state index in [1.165, 1.54) is 13.3 Å². The molecule has 0 unspecified atom stereocenters. The number of ether oxygens (including phenoxy) is 1. The first-order valence-electron chi connectivity index (χ1n) is 8.22. The summed E-state index contributed by atoms with van der Waals surface area (Å²) in [7, 11) is 3.13. The van der Waals surface area contributed by atoms with Crippen LogP contribution in [-0.4, -0.2) is 54.1 Å². The van der Waals surface area contributed by atoms with Gasteiger partial charge < -0.3 is 37.1 Å². The molecule has 0 bridgehead atoms. The van der Waals surface area contributed by atoms with E-state index in [1.54, 1.807) is 25.2 Å². The number of methoxy groups -OCH3 is 1. The first kappa shape index (κ1) is 20.7. The summed E-state index contributed by atoms with van der Waals surface area (Å²) in [5.41, 5.74) is 3.58. The third kappa shape index (κ3) is 4.55. The van der Waals surface area contributed by atoms with Crippen LogP contribution in [0.15, 0.2) is 29.5 Å². The predicted octanol–water partition coefficient (Wildman–Crippen LogP) is -0.924. The lowest BCUT2D eigenvalue weighted by Crippen LogP contribution is -2.32. The number of amidine groups is 1. The lowest BCUT2D eigenvalue weighted by atomic mass is 10.1. The van der Waals surface area contributed by atoms with E-state index in [9.17, 15) is 4.79 Å². The van der Waals surface area contributed by atoms with Crippen LogP contribution in [-0.2, 0) is 0 Å². The van der Waals surface area contributed by atoms with Crippen molar-refractivity contribution >= 4 is 29.2 Å². The number of aliphatic hydroxyl groups excluding tert-OH is 1. The molecular formula is C16H23N9O3. The number of hydrogen-bond acceptors (Lipinski definition) is 10. The molecule has 0 saturated heterocycles. The number of rotatable bonds is 8. The first-order chi connectivity index (χ1) is 13.6. The number of benzene rings is 1. The molecule has 1 aromatic heterocycles. The molecular weight excluding hydrogens is 366 g/mol. The fraction of sp³-hybridized carbons (Fsp3) is 0.250. The van der Waals surface area contributed by atoms with Gasteiger partial charge in [0.25, 0.3) is 5.91 Å². The minimum absolute atomic E-state index is 0.101. The largest absolute Gasteiger partial charge is 0.494 e. The summed E-state index contributed by atoms with van der Waals surface area (Å²) in [6.07, 6.45) is 1.37. The molecule has 1 aromatic carbocycles. The number of carbonyl (C=O) groups excluding carboxylic acids is 1. The number of aromatic nitrogens is 2. The molecule has 0 spiro atoms. The highest BCUT2D eigenvalue weighted by Gasteiger charge is 2.18. The van der Waals surface area contributed by atoms with E-state index in [4.69, 9.17) is 21.5 Å². The predicted molar refractivity (Wildman–Crippen MR) is 105 cm³/mol. The Morgan fingerprint density at radius 3 is 2.75 bits per heavy atom. The van der Waals surface area contributed by atoms with Crippen molar-refractivity contribution in [2.75, 3.05) is 37.9 Å². The highest BCUT2D eigenvalue weighted by molar-refractivity contribution is 6.03. The van der Waals surface area contributed by atoms with Gasteiger partial charge in [-0.1, -0.05) is 6.07 Å². The molecule has 1 amide bonds. The molecule has 0 saturated carbocycles. The molecule has 9 N–H and O–H groups in total. The van der Waals surface area contributed by atoms with Gasteiger partial charge >= 0.3 is 0 Å². The maximum atomic E-state index is 12.4. The van der Waals surface area contributed by atoms with Crippen molar-refractivity contribution in [3.63, 3.8) is 0 Å². The lowest BCUT2D eigenvalue weighted by Gasteiger charge is -2.17. The minimum atomic E-state index is -0.442. The summed E-state index contributed by atoms with van der Waals surface area (Å²) < 4.78 is 5.47. The Balaban J connectivity index is 2.49. The molecule has 0 fully saturated rings. The number of aliphatic hydroxyl groups is 1. The summed E-state index contributed by atoms with van der Waals surface area (Å²) >= 11 is 0. The normalized spacial score (nSPS) is 10.9. The number of carbonyl (C=O) groups is 1. The molecule has 150 valence electrons. The summed E-state index contributed by atoms with van der Waals surface area (Å²) in [6.45, 7) is -0.0868. The Morgan fingerprint density at radius 1 is 1.36 bits per heavy atom. The average molecular weight is 389 g/mol. The van der Waals surface area contributed by atoms with Crippen LogP contribution in [0.25, 0.3) is 0 Å². The molecule has 0 aliphatic rings. The summed E-state index contributed by atoms with van der Waals surface area (Å²) in [5, 5.41) is 21.0. The van der Waals surface area contributed by atoms with Gasteiger partial charge in [-0.15, -0.1) is 0 Å². The highest BCUT2D eigenvalue weighted by atomic mass is 16.5.